The van der Waals surface area contributed by atoms with E-state index in [1.807, 2.05) is 13.0 Å². The summed E-state index contributed by atoms with van der Waals surface area (Å²) in [4.78, 5) is 25.4. The fourth-order valence-electron chi connectivity index (χ4n) is 2.60. The summed E-state index contributed by atoms with van der Waals surface area (Å²) in [5.74, 6) is -0.728. The maximum absolute atomic E-state index is 13.2. The Morgan fingerprint density at radius 3 is 2.54 bits per heavy atom. The zero-order valence-corrected chi connectivity index (χ0v) is 13.3. The Hall–Kier alpha value is -2.95. The SMILES string of the molecule is CCCNC(=O)c1cc2ccccc2c(=O)n1-c1ccc(F)cc1. The van der Waals surface area contributed by atoms with Crippen molar-refractivity contribution in [1.82, 2.24) is 9.88 Å². The highest BCUT2D eigenvalue weighted by atomic mass is 19.1. The molecule has 0 radical (unpaired) electrons. The third-order valence-electron chi connectivity index (χ3n) is 3.78. The Kier molecular flexibility index (Phi) is 4.42. The van der Waals surface area contributed by atoms with Crippen LogP contribution in [0.5, 0.6) is 0 Å². The lowest BCUT2D eigenvalue weighted by Gasteiger charge is -2.14. The first-order valence-electron chi connectivity index (χ1n) is 7.80. The van der Waals surface area contributed by atoms with Gasteiger partial charge in [0.2, 0.25) is 0 Å². The number of pyridine rings is 1. The van der Waals surface area contributed by atoms with Gasteiger partial charge in [-0.05, 0) is 48.2 Å². The van der Waals surface area contributed by atoms with E-state index in [-0.39, 0.29) is 17.2 Å². The van der Waals surface area contributed by atoms with E-state index in [1.54, 1.807) is 24.3 Å². The third kappa shape index (κ3) is 2.93. The average molecular weight is 324 g/mol. The molecule has 0 saturated carbocycles. The lowest BCUT2D eigenvalue weighted by Crippen LogP contribution is -2.32. The monoisotopic (exact) mass is 324 g/mol. The van der Waals surface area contributed by atoms with Crippen LogP contribution in [0.3, 0.4) is 0 Å². The molecule has 0 fully saturated rings. The summed E-state index contributed by atoms with van der Waals surface area (Å²) < 4.78 is 14.5. The standard InChI is InChI=1S/C19H17FN2O2/c1-2-11-21-18(23)17-12-13-5-3-4-6-16(13)19(24)22(17)15-9-7-14(20)8-10-15/h3-10,12H,2,11H2,1H3,(H,21,23). The number of carbonyl (C=O) groups excluding carboxylic acids is 1. The fourth-order valence-corrected chi connectivity index (χ4v) is 2.60. The number of carbonyl (C=O) groups is 1. The Balaban J connectivity index is 2.27. The van der Waals surface area contributed by atoms with Crippen LogP contribution >= 0.6 is 0 Å². The summed E-state index contributed by atoms with van der Waals surface area (Å²) in [6, 6.07) is 14.3. The first-order valence-corrected chi connectivity index (χ1v) is 7.80. The molecule has 0 atom stereocenters. The van der Waals surface area contributed by atoms with Gasteiger partial charge in [0, 0.05) is 17.6 Å². The Bertz CT molecular complexity index is 946. The molecule has 0 unspecified atom stereocenters. The van der Waals surface area contributed by atoms with Crippen molar-refractivity contribution in [3.05, 3.63) is 76.5 Å². The number of hydrogen-bond donors (Lipinski definition) is 1. The topological polar surface area (TPSA) is 51.1 Å². The lowest BCUT2D eigenvalue weighted by molar-refractivity contribution is 0.0946. The molecule has 0 aliphatic carbocycles. The number of rotatable bonds is 4. The molecule has 5 heteroatoms. The van der Waals surface area contributed by atoms with Gasteiger partial charge >= 0.3 is 0 Å². The van der Waals surface area contributed by atoms with Crippen LogP contribution in [0.25, 0.3) is 16.5 Å². The van der Waals surface area contributed by atoms with E-state index in [0.717, 1.165) is 6.42 Å². The summed E-state index contributed by atoms with van der Waals surface area (Å²) in [6.45, 7) is 2.47. The van der Waals surface area contributed by atoms with Crippen molar-refractivity contribution in [1.29, 1.82) is 0 Å². The second-order valence-corrected chi connectivity index (χ2v) is 5.49. The highest BCUT2D eigenvalue weighted by molar-refractivity contribution is 5.97. The third-order valence-corrected chi connectivity index (χ3v) is 3.78. The summed E-state index contributed by atoms with van der Waals surface area (Å²) in [7, 11) is 0. The zero-order chi connectivity index (χ0) is 17.1. The van der Waals surface area contributed by atoms with E-state index in [9.17, 15) is 14.0 Å². The smallest absolute Gasteiger partial charge is 0.268 e. The van der Waals surface area contributed by atoms with Gasteiger partial charge in [-0.3, -0.25) is 14.2 Å². The van der Waals surface area contributed by atoms with Crippen molar-refractivity contribution in [3.8, 4) is 5.69 Å². The number of hydrogen-bond acceptors (Lipinski definition) is 2. The highest BCUT2D eigenvalue weighted by Gasteiger charge is 2.16. The van der Waals surface area contributed by atoms with E-state index in [0.29, 0.717) is 23.0 Å². The molecule has 4 nitrogen and oxygen atoms in total. The van der Waals surface area contributed by atoms with Crippen LogP contribution in [0.15, 0.2) is 59.4 Å². The molecule has 1 N–H and O–H groups in total. The first-order chi connectivity index (χ1) is 11.6. The first kappa shape index (κ1) is 15.9. The van der Waals surface area contributed by atoms with Crippen molar-refractivity contribution in [2.75, 3.05) is 6.54 Å². The van der Waals surface area contributed by atoms with Gasteiger partial charge in [-0.2, -0.15) is 0 Å². The van der Waals surface area contributed by atoms with Crippen molar-refractivity contribution in [2.45, 2.75) is 13.3 Å². The molecule has 1 heterocycles. The van der Waals surface area contributed by atoms with Gasteiger partial charge in [0.1, 0.15) is 11.5 Å². The molecule has 3 aromatic rings. The average Bonchev–Trinajstić information content (AvgIpc) is 2.60. The predicted octanol–water partition coefficient (Wildman–Crippen LogP) is 3.27. The van der Waals surface area contributed by atoms with Crippen LogP contribution in [0.1, 0.15) is 23.8 Å². The van der Waals surface area contributed by atoms with Gasteiger partial charge < -0.3 is 5.32 Å². The van der Waals surface area contributed by atoms with Crippen LogP contribution in [0.2, 0.25) is 0 Å². The van der Waals surface area contributed by atoms with Crippen LogP contribution < -0.4 is 10.9 Å². The minimum absolute atomic E-state index is 0.235. The van der Waals surface area contributed by atoms with E-state index in [2.05, 4.69) is 5.32 Å². The molecule has 0 saturated heterocycles. The second kappa shape index (κ2) is 6.66. The van der Waals surface area contributed by atoms with Gasteiger partial charge in [-0.1, -0.05) is 25.1 Å². The minimum atomic E-state index is -0.399. The van der Waals surface area contributed by atoms with Crippen molar-refractivity contribution >= 4 is 16.7 Å². The molecule has 1 amide bonds. The van der Waals surface area contributed by atoms with Crippen LogP contribution in [0, 0.1) is 5.82 Å². The van der Waals surface area contributed by atoms with Crippen molar-refractivity contribution in [2.24, 2.45) is 0 Å². The van der Waals surface area contributed by atoms with E-state index < -0.39 is 5.82 Å². The van der Waals surface area contributed by atoms with Crippen LogP contribution in [-0.2, 0) is 0 Å². The van der Waals surface area contributed by atoms with Crippen molar-refractivity contribution < 1.29 is 9.18 Å². The lowest BCUT2D eigenvalue weighted by atomic mass is 10.1. The molecule has 0 bridgehead atoms. The Morgan fingerprint density at radius 1 is 1.12 bits per heavy atom. The molecule has 3 rings (SSSR count). The summed E-state index contributed by atoms with van der Waals surface area (Å²) in [6.07, 6.45) is 0.792. The molecule has 0 aliphatic heterocycles. The van der Waals surface area contributed by atoms with Gasteiger partial charge in [-0.25, -0.2) is 4.39 Å². The molecular formula is C19H17FN2O2. The van der Waals surface area contributed by atoms with Crippen molar-refractivity contribution in [3.63, 3.8) is 0 Å². The van der Waals surface area contributed by atoms with Crippen LogP contribution in [0.4, 0.5) is 4.39 Å². The van der Waals surface area contributed by atoms with Gasteiger partial charge in [0.25, 0.3) is 11.5 Å². The summed E-state index contributed by atoms with van der Waals surface area (Å²) in [5, 5.41) is 3.99. The normalized spacial score (nSPS) is 10.8. The zero-order valence-electron chi connectivity index (χ0n) is 13.3. The molecule has 1 aromatic heterocycles. The second-order valence-electron chi connectivity index (χ2n) is 5.49. The predicted molar refractivity (Wildman–Crippen MR) is 92.1 cm³/mol. The molecule has 2 aromatic carbocycles. The maximum atomic E-state index is 13.2. The van der Waals surface area contributed by atoms with Crippen LogP contribution in [-0.4, -0.2) is 17.0 Å². The molecule has 122 valence electrons. The number of nitrogens with one attached hydrogen (secondary N) is 1. The summed E-state index contributed by atoms with van der Waals surface area (Å²) in [5.41, 5.74) is 0.383. The largest absolute Gasteiger partial charge is 0.351 e. The number of nitrogens with zero attached hydrogens (tertiary/aromatic N) is 1. The molecule has 24 heavy (non-hydrogen) atoms. The number of aromatic nitrogens is 1. The van der Waals surface area contributed by atoms with Gasteiger partial charge in [0.15, 0.2) is 0 Å². The van der Waals surface area contributed by atoms with E-state index >= 15 is 0 Å². The maximum Gasteiger partial charge on any atom is 0.268 e. The van der Waals surface area contributed by atoms with E-state index in [4.69, 9.17) is 0 Å². The van der Waals surface area contributed by atoms with Gasteiger partial charge in [0.05, 0.1) is 0 Å². The Morgan fingerprint density at radius 2 is 1.83 bits per heavy atom. The molecule has 0 spiro atoms. The van der Waals surface area contributed by atoms with Gasteiger partial charge in [-0.15, -0.1) is 0 Å². The molecular weight excluding hydrogens is 307 g/mol. The fraction of sp³-hybridized carbons (Fsp3) is 0.158. The molecule has 0 aliphatic rings. The minimum Gasteiger partial charge on any atom is -0.351 e. The number of benzene rings is 2. The van der Waals surface area contributed by atoms with E-state index in [1.165, 1.54) is 28.8 Å². The Labute approximate surface area is 138 Å². The quantitative estimate of drug-likeness (QED) is 0.801. The highest BCUT2D eigenvalue weighted by Crippen LogP contribution is 2.16. The summed E-state index contributed by atoms with van der Waals surface area (Å²) >= 11 is 0. The number of amides is 1. The number of halogens is 1. The number of fused-ring (bicyclic) bond motifs is 1.